The fourth-order valence-corrected chi connectivity index (χ4v) is 2.52. The number of aromatic amines is 1. The van der Waals surface area contributed by atoms with Crippen LogP contribution in [0.2, 0.25) is 0 Å². The molecule has 0 aliphatic carbocycles. The number of nitrogens with one attached hydrogen (secondary N) is 2. The van der Waals surface area contributed by atoms with Gasteiger partial charge < -0.3 is 19.9 Å². The molecule has 1 amide bonds. The Kier molecular flexibility index (Phi) is 4.16. The number of fused-ring (bicyclic) bond motifs is 1. The van der Waals surface area contributed by atoms with Gasteiger partial charge in [-0.25, -0.2) is 19.7 Å². The van der Waals surface area contributed by atoms with Crippen LogP contribution in [0.25, 0.3) is 11.2 Å². The Morgan fingerprint density at radius 2 is 2.29 bits per heavy atom. The summed E-state index contributed by atoms with van der Waals surface area (Å²) in [6.45, 7) is 2.75. The van der Waals surface area contributed by atoms with Crippen LogP contribution in [-0.4, -0.2) is 56.7 Å². The number of H-pyrrole nitrogens is 1. The van der Waals surface area contributed by atoms with Crippen LogP contribution >= 0.6 is 0 Å². The molecule has 2 aromatic rings. The SMILES string of the molecule is CCOC(=O)N1CCC(Nc2nc(C(F)(F)F)nc3nc[nH]c23)C1. The monoisotopic (exact) mass is 344 g/mol. The van der Waals surface area contributed by atoms with Gasteiger partial charge in [-0.3, -0.25) is 0 Å². The Hall–Kier alpha value is -2.59. The number of anilines is 1. The second-order valence-electron chi connectivity index (χ2n) is 5.27. The fourth-order valence-electron chi connectivity index (χ4n) is 2.52. The van der Waals surface area contributed by atoms with E-state index in [0.717, 1.165) is 0 Å². The van der Waals surface area contributed by atoms with E-state index >= 15 is 0 Å². The van der Waals surface area contributed by atoms with Crippen molar-refractivity contribution in [3.8, 4) is 0 Å². The van der Waals surface area contributed by atoms with Crippen LogP contribution in [0.3, 0.4) is 0 Å². The van der Waals surface area contributed by atoms with Crippen molar-refractivity contribution in [1.29, 1.82) is 0 Å². The van der Waals surface area contributed by atoms with Gasteiger partial charge in [0.1, 0.15) is 5.52 Å². The van der Waals surface area contributed by atoms with E-state index in [1.54, 1.807) is 6.92 Å². The van der Waals surface area contributed by atoms with E-state index in [2.05, 4.69) is 25.3 Å². The van der Waals surface area contributed by atoms with Crippen LogP contribution in [0, 0.1) is 0 Å². The minimum absolute atomic E-state index is 0.0144. The molecule has 2 aromatic heterocycles. The van der Waals surface area contributed by atoms with Crippen LogP contribution in [-0.2, 0) is 10.9 Å². The third kappa shape index (κ3) is 3.19. The van der Waals surface area contributed by atoms with Crippen LogP contribution in [0.1, 0.15) is 19.2 Å². The highest BCUT2D eigenvalue weighted by Gasteiger charge is 2.36. The molecule has 1 aliphatic rings. The van der Waals surface area contributed by atoms with Crippen molar-refractivity contribution in [2.24, 2.45) is 0 Å². The number of alkyl halides is 3. The molecule has 8 nitrogen and oxygen atoms in total. The zero-order chi connectivity index (χ0) is 17.3. The number of likely N-dealkylation sites (tertiary alicyclic amines) is 1. The summed E-state index contributed by atoms with van der Waals surface area (Å²) < 4.78 is 43.6. The Morgan fingerprint density at radius 1 is 1.50 bits per heavy atom. The normalized spacial score (nSPS) is 18.2. The van der Waals surface area contributed by atoms with Gasteiger partial charge in [0, 0.05) is 19.1 Å². The Labute approximate surface area is 134 Å². The molecule has 24 heavy (non-hydrogen) atoms. The minimum Gasteiger partial charge on any atom is -0.450 e. The first-order valence-electron chi connectivity index (χ1n) is 7.35. The highest BCUT2D eigenvalue weighted by atomic mass is 19.4. The van der Waals surface area contributed by atoms with Crippen LogP contribution in [0.4, 0.5) is 23.8 Å². The fraction of sp³-hybridized carbons (Fsp3) is 0.538. The molecule has 1 atom stereocenters. The number of nitrogens with zero attached hydrogens (tertiary/aromatic N) is 4. The predicted molar refractivity (Wildman–Crippen MR) is 77.3 cm³/mol. The lowest BCUT2D eigenvalue weighted by molar-refractivity contribution is -0.144. The molecular weight excluding hydrogens is 329 g/mol. The van der Waals surface area contributed by atoms with Gasteiger partial charge >= 0.3 is 12.3 Å². The van der Waals surface area contributed by atoms with Crippen molar-refractivity contribution in [3.63, 3.8) is 0 Å². The number of hydrogen-bond donors (Lipinski definition) is 2. The van der Waals surface area contributed by atoms with Gasteiger partial charge in [-0.05, 0) is 13.3 Å². The van der Waals surface area contributed by atoms with Gasteiger partial charge in [0.15, 0.2) is 11.5 Å². The molecule has 0 spiro atoms. The molecule has 3 rings (SSSR count). The molecular formula is C13H15F3N6O2. The second kappa shape index (κ2) is 6.13. The smallest absolute Gasteiger partial charge is 0.450 e. The summed E-state index contributed by atoms with van der Waals surface area (Å²) in [5, 5.41) is 2.94. The van der Waals surface area contributed by atoms with Crippen molar-refractivity contribution in [2.75, 3.05) is 25.0 Å². The van der Waals surface area contributed by atoms with E-state index < -0.39 is 18.1 Å². The van der Waals surface area contributed by atoms with Gasteiger partial charge in [0.2, 0.25) is 5.82 Å². The first-order chi connectivity index (χ1) is 11.4. The largest absolute Gasteiger partial charge is 0.451 e. The van der Waals surface area contributed by atoms with E-state index in [1.165, 1.54) is 11.2 Å². The summed E-state index contributed by atoms with van der Waals surface area (Å²) in [4.78, 5) is 26.6. The van der Waals surface area contributed by atoms with E-state index in [-0.39, 0.29) is 29.6 Å². The number of rotatable bonds is 3. The number of imidazole rings is 1. The second-order valence-corrected chi connectivity index (χ2v) is 5.27. The van der Waals surface area contributed by atoms with Crippen molar-refractivity contribution in [3.05, 3.63) is 12.2 Å². The van der Waals surface area contributed by atoms with Crippen LogP contribution < -0.4 is 5.32 Å². The summed E-state index contributed by atoms with van der Waals surface area (Å²) in [5.74, 6) is -1.25. The van der Waals surface area contributed by atoms with Crippen LogP contribution in [0.5, 0.6) is 0 Å². The van der Waals surface area contributed by atoms with Crippen molar-refractivity contribution < 1.29 is 22.7 Å². The summed E-state index contributed by atoms with van der Waals surface area (Å²) in [5.41, 5.74) is 0.220. The molecule has 11 heteroatoms. The molecule has 1 aliphatic heterocycles. The van der Waals surface area contributed by atoms with E-state index in [9.17, 15) is 18.0 Å². The average Bonchev–Trinajstić information content (AvgIpc) is 3.15. The van der Waals surface area contributed by atoms with Gasteiger partial charge in [0.25, 0.3) is 0 Å². The number of ether oxygens (including phenoxy) is 1. The van der Waals surface area contributed by atoms with Crippen LogP contribution in [0.15, 0.2) is 6.33 Å². The maximum Gasteiger partial charge on any atom is 0.451 e. The number of hydrogen-bond acceptors (Lipinski definition) is 6. The molecule has 130 valence electrons. The molecule has 0 radical (unpaired) electrons. The van der Waals surface area contributed by atoms with Crippen molar-refractivity contribution in [1.82, 2.24) is 24.8 Å². The molecule has 1 unspecified atom stereocenters. The maximum absolute atomic E-state index is 12.9. The average molecular weight is 344 g/mol. The summed E-state index contributed by atoms with van der Waals surface area (Å²) in [7, 11) is 0. The zero-order valence-corrected chi connectivity index (χ0v) is 12.7. The lowest BCUT2D eigenvalue weighted by atomic mass is 10.2. The quantitative estimate of drug-likeness (QED) is 0.884. The standard InChI is InChI=1S/C13H15F3N6O2/c1-2-24-12(23)22-4-3-7(5-22)19-10-8-9(18-6-17-8)20-11(21-10)13(14,15)16/h6-7H,2-5H2,1H3,(H2,17,18,19,20,21). The van der Waals surface area contributed by atoms with Crippen molar-refractivity contribution >= 4 is 23.1 Å². The number of carbonyl (C=O) groups excluding carboxylic acids is 1. The highest BCUT2D eigenvalue weighted by molar-refractivity contribution is 5.82. The van der Waals surface area contributed by atoms with E-state index in [0.29, 0.717) is 19.5 Å². The lowest BCUT2D eigenvalue weighted by Crippen LogP contribution is -2.32. The summed E-state index contributed by atoms with van der Waals surface area (Å²) >= 11 is 0. The molecule has 0 aromatic carbocycles. The van der Waals surface area contributed by atoms with Crippen molar-refractivity contribution in [2.45, 2.75) is 25.6 Å². The minimum atomic E-state index is -4.67. The molecule has 1 saturated heterocycles. The van der Waals surface area contributed by atoms with E-state index in [1.807, 2.05) is 0 Å². The first kappa shape index (κ1) is 16.3. The van der Waals surface area contributed by atoms with Gasteiger partial charge in [-0.1, -0.05) is 0 Å². The van der Waals surface area contributed by atoms with Gasteiger partial charge in [-0.15, -0.1) is 0 Å². The molecule has 2 N–H and O–H groups in total. The van der Waals surface area contributed by atoms with Gasteiger partial charge in [-0.2, -0.15) is 13.2 Å². The lowest BCUT2D eigenvalue weighted by Gasteiger charge is -2.17. The molecule has 3 heterocycles. The highest BCUT2D eigenvalue weighted by Crippen LogP contribution is 2.29. The third-order valence-corrected chi connectivity index (χ3v) is 3.59. The topological polar surface area (TPSA) is 96.0 Å². The number of amides is 1. The molecule has 0 saturated carbocycles. The Morgan fingerprint density at radius 3 is 3.00 bits per heavy atom. The van der Waals surface area contributed by atoms with Gasteiger partial charge in [0.05, 0.1) is 12.9 Å². The Balaban J connectivity index is 1.80. The summed E-state index contributed by atoms with van der Waals surface area (Å²) in [6.07, 6.45) is -3.28. The number of halogens is 3. The zero-order valence-electron chi connectivity index (χ0n) is 12.7. The van der Waals surface area contributed by atoms with E-state index in [4.69, 9.17) is 4.74 Å². The molecule has 1 fully saturated rings. The molecule has 0 bridgehead atoms. The number of carbonyl (C=O) groups is 1. The number of aromatic nitrogens is 4. The third-order valence-electron chi connectivity index (χ3n) is 3.59. The summed E-state index contributed by atoms with van der Waals surface area (Å²) in [6, 6.07) is -0.239. The first-order valence-corrected chi connectivity index (χ1v) is 7.35. The Bertz CT molecular complexity index is 747. The predicted octanol–water partition coefficient (Wildman–Crippen LogP) is 2.01. The maximum atomic E-state index is 12.9.